The van der Waals surface area contributed by atoms with Crippen LogP contribution in [0.3, 0.4) is 0 Å². The first kappa shape index (κ1) is 19.0. The van der Waals surface area contributed by atoms with Crippen molar-refractivity contribution < 1.29 is 8.42 Å². The zero-order chi connectivity index (χ0) is 19.8. The van der Waals surface area contributed by atoms with Gasteiger partial charge < -0.3 is 10.6 Å². The van der Waals surface area contributed by atoms with Gasteiger partial charge in [-0.1, -0.05) is 24.8 Å². The van der Waals surface area contributed by atoms with E-state index in [2.05, 4.69) is 53.3 Å². The van der Waals surface area contributed by atoms with Crippen LogP contribution in [0, 0.1) is 0 Å². The fraction of sp³-hybridized carbons (Fsp3) is 0.364. The quantitative estimate of drug-likeness (QED) is 0.803. The summed E-state index contributed by atoms with van der Waals surface area (Å²) in [6.07, 6.45) is 2.24. The van der Waals surface area contributed by atoms with Crippen molar-refractivity contribution in [2.45, 2.75) is 36.2 Å². The average molecular weight is 398 g/mol. The lowest BCUT2D eigenvalue weighted by Gasteiger charge is -2.44. The Labute approximate surface area is 167 Å². The fourth-order valence-electron chi connectivity index (χ4n) is 4.37. The van der Waals surface area contributed by atoms with E-state index < -0.39 is 9.84 Å². The number of nitrogens with zero attached hydrogens (tertiary/aromatic N) is 1. The summed E-state index contributed by atoms with van der Waals surface area (Å²) < 4.78 is 23.8. The molecule has 0 amide bonds. The van der Waals surface area contributed by atoms with Gasteiger partial charge >= 0.3 is 0 Å². The Morgan fingerprint density at radius 1 is 1.21 bits per heavy atom. The van der Waals surface area contributed by atoms with Crippen LogP contribution in [0.15, 0.2) is 65.4 Å². The summed E-state index contributed by atoms with van der Waals surface area (Å²) in [5.74, 6) is 0. The molecule has 28 heavy (non-hydrogen) atoms. The molecular weight excluding hydrogens is 370 g/mol. The number of piperidine rings is 1. The van der Waals surface area contributed by atoms with Crippen molar-refractivity contribution >= 4 is 21.2 Å². The van der Waals surface area contributed by atoms with Gasteiger partial charge in [-0.25, -0.2) is 8.42 Å². The highest BCUT2D eigenvalue weighted by Crippen LogP contribution is 2.40. The lowest BCUT2D eigenvalue weighted by Crippen LogP contribution is -2.53. The van der Waals surface area contributed by atoms with Crippen LogP contribution in [-0.2, 0) is 15.4 Å². The monoisotopic (exact) mass is 397 g/mol. The average Bonchev–Trinajstić information content (AvgIpc) is 3.07. The van der Waals surface area contributed by atoms with Gasteiger partial charge in [-0.3, -0.25) is 4.90 Å². The van der Waals surface area contributed by atoms with Gasteiger partial charge in [-0.2, -0.15) is 0 Å². The van der Waals surface area contributed by atoms with Crippen molar-refractivity contribution in [2.75, 3.05) is 30.3 Å². The number of rotatable bonds is 5. The molecule has 1 saturated heterocycles. The third kappa shape index (κ3) is 3.42. The Hall–Kier alpha value is -2.31. The molecule has 0 spiro atoms. The topological polar surface area (TPSA) is 61.4 Å². The number of hydrogen-bond donors (Lipinski definition) is 2. The number of hydrogen-bond acceptors (Lipinski definition) is 5. The van der Waals surface area contributed by atoms with E-state index in [1.54, 1.807) is 12.1 Å². The fourth-order valence-corrected chi connectivity index (χ4v) is 5.08. The smallest absolute Gasteiger partial charge is 0.199 e. The van der Waals surface area contributed by atoms with Crippen molar-refractivity contribution in [2.24, 2.45) is 0 Å². The number of fused-ring (bicyclic) bond motifs is 1. The van der Waals surface area contributed by atoms with Gasteiger partial charge in [0.05, 0.1) is 10.4 Å². The van der Waals surface area contributed by atoms with Gasteiger partial charge in [0.25, 0.3) is 0 Å². The molecule has 0 radical (unpaired) electrons. The first-order chi connectivity index (χ1) is 13.4. The minimum atomic E-state index is -3.38. The first-order valence-electron chi connectivity index (χ1n) is 9.75. The molecule has 2 aliphatic heterocycles. The van der Waals surface area contributed by atoms with Gasteiger partial charge in [-0.15, -0.1) is 0 Å². The van der Waals surface area contributed by atoms with E-state index in [1.165, 1.54) is 11.3 Å². The summed E-state index contributed by atoms with van der Waals surface area (Å²) >= 11 is 0. The third-order valence-corrected chi connectivity index (χ3v) is 7.39. The van der Waals surface area contributed by atoms with Crippen LogP contribution in [0.5, 0.6) is 0 Å². The molecule has 2 atom stereocenters. The van der Waals surface area contributed by atoms with Gasteiger partial charge in [0, 0.05) is 35.9 Å². The Bertz CT molecular complexity index is 972. The molecule has 148 valence electrons. The maximum Gasteiger partial charge on any atom is 0.199 e. The Morgan fingerprint density at radius 2 is 1.96 bits per heavy atom. The van der Waals surface area contributed by atoms with E-state index in [0.717, 1.165) is 43.6 Å². The largest absolute Gasteiger partial charge is 0.383 e. The van der Waals surface area contributed by atoms with Crippen LogP contribution in [-0.4, -0.2) is 39.0 Å². The van der Waals surface area contributed by atoms with Crippen LogP contribution in [0.25, 0.3) is 0 Å². The van der Waals surface area contributed by atoms with Crippen LogP contribution in [0.1, 0.15) is 25.3 Å². The summed E-state index contributed by atoms with van der Waals surface area (Å²) in [7, 11) is -3.38. The third-order valence-electron chi connectivity index (χ3n) is 6.02. The highest BCUT2D eigenvalue weighted by atomic mass is 32.2. The summed E-state index contributed by atoms with van der Waals surface area (Å²) in [6, 6.07) is 15.9. The second-order valence-electron chi connectivity index (χ2n) is 7.84. The number of likely N-dealkylation sites (tertiary alicyclic amines) is 1. The zero-order valence-corrected chi connectivity index (χ0v) is 17.0. The number of para-hydroxylation sites is 1. The molecule has 0 saturated carbocycles. The Balaban J connectivity index is 1.47. The van der Waals surface area contributed by atoms with Crippen molar-refractivity contribution in [3.05, 3.63) is 66.1 Å². The van der Waals surface area contributed by atoms with Crippen molar-refractivity contribution in [3.8, 4) is 0 Å². The molecule has 4 rings (SSSR count). The molecule has 2 aromatic rings. The van der Waals surface area contributed by atoms with Crippen LogP contribution in [0.4, 0.5) is 11.4 Å². The molecule has 2 N–H and O–H groups in total. The predicted octanol–water partition coefficient (Wildman–Crippen LogP) is 3.82. The first-order valence-corrected chi connectivity index (χ1v) is 11.3. The number of sulfone groups is 1. The highest BCUT2D eigenvalue weighted by molar-refractivity contribution is 7.94. The SMILES string of the molecule is C=CS(=O)(=O)c1ccc(N[C@@H]2CCCN(C3(C)CNc4ccccc43)C2)cc1. The van der Waals surface area contributed by atoms with Gasteiger partial charge in [0.1, 0.15) is 0 Å². The van der Waals surface area contributed by atoms with E-state index >= 15 is 0 Å². The van der Waals surface area contributed by atoms with Crippen LogP contribution in [0.2, 0.25) is 0 Å². The second kappa shape index (κ2) is 7.26. The standard InChI is InChI=1S/C22H27N3O2S/c1-3-28(26,27)19-12-10-17(11-13-19)24-18-7-6-14-25(15-18)22(2)16-23-21-9-5-4-8-20(21)22/h3-5,8-13,18,23-24H,1,6-7,14-16H2,2H3/t18-,22?/m1/s1. The zero-order valence-electron chi connectivity index (χ0n) is 16.2. The van der Waals surface area contributed by atoms with E-state index in [9.17, 15) is 8.42 Å². The minimum Gasteiger partial charge on any atom is -0.383 e. The number of benzene rings is 2. The molecule has 0 aliphatic carbocycles. The minimum absolute atomic E-state index is 0.00115. The Kier molecular flexibility index (Phi) is 4.93. The van der Waals surface area contributed by atoms with Gasteiger partial charge in [0.15, 0.2) is 9.84 Å². The summed E-state index contributed by atoms with van der Waals surface area (Å²) in [6.45, 7) is 8.67. The van der Waals surface area contributed by atoms with Crippen LogP contribution >= 0.6 is 0 Å². The maximum absolute atomic E-state index is 11.9. The number of anilines is 2. The summed E-state index contributed by atoms with van der Waals surface area (Å²) in [5, 5.41) is 8.13. The van der Waals surface area contributed by atoms with E-state index in [0.29, 0.717) is 6.04 Å². The molecule has 2 aliphatic rings. The molecular formula is C22H27N3O2S. The predicted molar refractivity (Wildman–Crippen MR) is 114 cm³/mol. The van der Waals surface area contributed by atoms with Crippen LogP contribution < -0.4 is 10.6 Å². The van der Waals surface area contributed by atoms with E-state index in [1.807, 2.05) is 12.1 Å². The molecule has 2 heterocycles. The second-order valence-corrected chi connectivity index (χ2v) is 9.73. The lowest BCUT2D eigenvalue weighted by molar-refractivity contribution is 0.0887. The van der Waals surface area contributed by atoms with E-state index in [4.69, 9.17) is 0 Å². The molecule has 1 unspecified atom stereocenters. The number of nitrogens with one attached hydrogen (secondary N) is 2. The molecule has 6 heteroatoms. The van der Waals surface area contributed by atoms with Crippen molar-refractivity contribution in [1.82, 2.24) is 4.90 Å². The summed E-state index contributed by atoms with van der Waals surface area (Å²) in [4.78, 5) is 2.85. The van der Waals surface area contributed by atoms with Gasteiger partial charge in [-0.05, 0) is 62.2 Å². The van der Waals surface area contributed by atoms with Crippen molar-refractivity contribution in [1.29, 1.82) is 0 Å². The lowest BCUT2D eigenvalue weighted by atomic mass is 9.89. The molecule has 0 aromatic heterocycles. The molecule has 2 aromatic carbocycles. The summed E-state index contributed by atoms with van der Waals surface area (Å²) in [5.41, 5.74) is 3.55. The van der Waals surface area contributed by atoms with E-state index in [-0.39, 0.29) is 10.4 Å². The highest BCUT2D eigenvalue weighted by Gasteiger charge is 2.41. The molecule has 5 nitrogen and oxygen atoms in total. The van der Waals surface area contributed by atoms with Gasteiger partial charge in [0.2, 0.25) is 0 Å². The maximum atomic E-state index is 11.9. The molecule has 0 bridgehead atoms. The molecule has 1 fully saturated rings. The van der Waals surface area contributed by atoms with Crippen molar-refractivity contribution in [3.63, 3.8) is 0 Å². The Morgan fingerprint density at radius 3 is 2.71 bits per heavy atom. The normalized spacial score (nSPS) is 25.0.